The molecule has 0 bridgehead atoms. The molecule has 0 aliphatic carbocycles. The van der Waals surface area contributed by atoms with E-state index in [0.29, 0.717) is 6.04 Å². The molecule has 1 heterocycles. The van der Waals surface area contributed by atoms with Gasteiger partial charge < -0.3 is 10.2 Å². The van der Waals surface area contributed by atoms with Gasteiger partial charge >= 0.3 is 0 Å². The van der Waals surface area contributed by atoms with Crippen molar-refractivity contribution in [3.63, 3.8) is 0 Å². The highest BCUT2D eigenvalue weighted by molar-refractivity contribution is 7.15. The van der Waals surface area contributed by atoms with E-state index in [4.69, 9.17) is 0 Å². The predicted octanol–water partition coefficient (Wildman–Crippen LogP) is 2.66. The van der Waals surface area contributed by atoms with E-state index in [0.717, 1.165) is 18.1 Å². The summed E-state index contributed by atoms with van der Waals surface area (Å²) in [6.45, 7) is 7.54. The van der Waals surface area contributed by atoms with Gasteiger partial charge in [0.25, 0.3) is 0 Å². The summed E-state index contributed by atoms with van der Waals surface area (Å²) in [6.07, 6.45) is 2.18. The van der Waals surface area contributed by atoms with Crippen LogP contribution in [0, 0.1) is 0 Å². The van der Waals surface area contributed by atoms with Crippen LogP contribution in [-0.2, 0) is 13.0 Å². The molecule has 0 saturated heterocycles. The summed E-state index contributed by atoms with van der Waals surface area (Å²) in [6, 6.07) is 0.578. The standard InChI is InChI=1S/C12H23N3S/c1-6-9(3)13-8-11-10(7-2)14-12(16-11)15(4)5/h9,13H,6-8H2,1-5H3. The van der Waals surface area contributed by atoms with Crippen LogP contribution in [0.5, 0.6) is 0 Å². The molecule has 1 unspecified atom stereocenters. The van der Waals surface area contributed by atoms with Gasteiger partial charge in [-0.2, -0.15) is 0 Å². The van der Waals surface area contributed by atoms with Gasteiger partial charge in [0.2, 0.25) is 0 Å². The van der Waals surface area contributed by atoms with Gasteiger partial charge in [-0.05, 0) is 19.8 Å². The summed E-state index contributed by atoms with van der Waals surface area (Å²) >= 11 is 1.80. The second-order valence-electron chi connectivity index (χ2n) is 4.30. The Hall–Kier alpha value is -0.610. The lowest BCUT2D eigenvalue weighted by atomic mass is 10.2. The van der Waals surface area contributed by atoms with Crippen LogP contribution in [0.15, 0.2) is 0 Å². The fourth-order valence-corrected chi connectivity index (χ4v) is 2.41. The van der Waals surface area contributed by atoms with E-state index in [1.807, 2.05) is 14.1 Å². The van der Waals surface area contributed by atoms with Gasteiger partial charge in [0.15, 0.2) is 5.13 Å². The van der Waals surface area contributed by atoms with E-state index in [2.05, 4.69) is 36.0 Å². The van der Waals surface area contributed by atoms with Crippen LogP contribution in [0.3, 0.4) is 0 Å². The summed E-state index contributed by atoms with van der Waals surface area (Å²) in [7, 11) is 4.09. The lowest BCUT2D eigenvalue weighted by Crippen LogP contribution is -2.24. The molecule has 16 heavy (non-hydrogen) atoms. The molecule has 1 rings (SSSR count). The molecule has 92 valence electrons. The SMILES string of the molecule is CCc1nc(N(C)C)sc1CNC(C)CC. The number of aryl methyl sites for hydroxylation is 1. The van der Waals surface area contributed by atoms with Crippen molar-refractivity contribution in [1.82, 2.24) is 10.3 Å². The number of aromatic nitrogens is 1. The highest BCUT2D eigenvalue weighted by atomic mass is 32.1. The highest BCUT2D eigenvalue weighted by Crippen LogP contribution is 2.25. The van der Waals surface area contributed by atoms with Crippen molar-refractivity contribution in [3.8, 4) is 0 Å². The molecule has 0 aromatic carbocycles. The fourth-order valence-electron chi connectivity index (χ4n) is 1.39. The van der Waals surface area contributed by atoms with E-state index in [9.17, 15) is 0 Å². The van der Waals surface area contributed by atoms with Crippen LogP contribution in [0.4, 0.5) is 5.13 Å². The van der Waals surface area contributed by atoms with Gasteiger partial charge in [0.05, 0.1) is 5.69 Å². The number of hydrogen-bond acceptors (Lipinski definition) is 4. The van der Waals surface area contributed by atoms with Gasteiger partial charge in [0.1, 0.15) is 0 Å². The van der Waals surface area contributed by atoms with Gasteiger partial charge in [-0.1, -0.05) is 13.8 Å². The number of nitrogens with one attached hydrogen (secondary N) is 1. The molecule has 0 fully saturated rings. The fraction of sp³-hybridized carbons (Fsp3) is 0.750. The molecule has 4 heteroatoms. The van der Waals surface area contributed by atoms with Crippen molar-refractivity contribution in [3.05, 3.63) is 10.6 Å². The summed E-state index contributed by atoms with van der Waals surface area (Å²) < 4.78 is 0. The van der Waals surface area contributed by atoms with E-state index < -0.39 is 0 Å². The van der Waals surface area contributed by atoms with Crippen molar-refractivity contribution < 1.29 is 0 Å². The van der Waals surface area contributed by atoms with Crippen molar-refractivity contribution >= 4 is 16.5 Å². The van der Waals surface area contributed by atoms with Crippen LogP contribution in [0.2, 0.25) is 0 Å². The normalized spacial score (nSPS) is 12.8. The molecular formula is C12H23N3S. The maximum Gasteiger partial charge on any atom is 0.185 e. The Morgan fingerprint density at radius 3 is 2.56 bits per heavy atom. The average molecular weight is 241 g/mol. The highest BCUT2D eigenvalue weighted by Gasteiger charge is 2.11. The van der Waals surface area contributed by atoms with Crippen molar-refractivity contribution in [1.29, 1.82) is 0 Å². The van der Waals surface area contributed by atoms with Crippen molar-refractivity contribution in [2.75, 3.05) is 19.0 Å². The first kappa shape index (κ1) is 13.5. The number of nitrogens with zero attached hydrogens (tertiary/aromatic N) is 2. The van der Waals surface area contributed by atoms with E-state index in [1.165, 1.54) is 17.0 Å². The Kier molecular flexibility index (Phi) is 5.22. The predicted molar refractivity (Wildman–Crippen MR) is 72.4 cm³/mol. The van der Waals surface area contributed by atoms with Crippen LogP contribution >= 0.6 is 11.3 Å². The van der Waals surface area contributed by atoms with Crippen LogP contribution in [-0.4, -0.2) is 25.1 Å². The number of thiazole rings is 1. The average Bonchev–Trinajstić information content (AvgIpc) is 2.69. The maximum atomic E-state index is 4.64. The molecule has 0 aliphatic rings. The number of hydrogen-bond donors (Lipinski definition) is 1. The molecule has 0 radical (unpaired) electrons. The van der Waals surface area contributed by atoms with E-state index in [1.54, 1.807) is 11.3 Å². The Balaban J connectivity index is 2.70. The largest absolute Gasteiger partial charge is 0.354 e. The smallest absolute Gasteiger partial charge is 0.185 e. The first-order valence-electron chi connectivity index (χ1n) is 5.97. The van der Waals surface area contributed by atoms with Gasteiger partial charge in [-0.15, -0.1) is 11.3 Å². The molecule has 0 amide bonds. The van der Waals surface area contributed by atoms with Gasteiger partial charge in [0, 0.05) is 31.6 Å². The minimum atomic E-state index is 0.578. The zero-order valence-corrected chi connectivity index (χ0v) is 11.8. The second kappa shape index (κ2) is 6.21. The summed E-state index contributed by atoms with van der Waals surface area (Å²) in [4.78, 5) is 8.10. The molecule has 0 aliphatic heterocycles. The Bertz CT molecular complexity index is 320. The Morgan fingerprint density at radius 2 is 2.06 bits per heavy atom. The summed E-state index contributed by atoms with van der Waals surface area (Å²) in [5.74, 6) is 0. The van der Waals surface area contributed by atoms with Crippen LogP contribution in [0.1, 0.15) is 37.8 Å². The van der Waals surface area contributed by atoms with E-state index >= 15 is 0 Å². The molecule has 1 N–H and O–H groups in total. The first-order chi connectivity index (χ1) is 7.58. The lowest BCUT2D eigenvalue weighted by Gasteiger charge is -2.10. The van der Waals surface area contributed by atoms with Crippen molar-refractivity contribution in [2.45, 2.75) is 46.2 Å². The second-order valence-corrected chi connectivity index (χ2v) is 5.37. The minimum absolute atomic E-state index is 0.578. The topological polar surface area (TPSA) is 28.2 Å². The van der Waals surface area contributed by atoms with Crippen LogP contribution < -0.4 is 10.2 Å². The third-order valence-electron chi connectivity index (χ3n) is 2.71. The first-order valence-corrected chi connectivity index (χ1v) is 6.79. The quantitative estimate of drug-likeness (QED) is 0.830. The minimum Gasteiger partial charge on any atom is -0.354 e. The van der Waals surface area contributed by atoms with Crippen LogP contribution in [0.25, 0.3) is 0 Å². The Labute approximate surface area is 103 Å². The summed E-state index contributed by atoms with van der Waals surface area (Å²) in [5, 5.41) is 4.64. The molecule has 0 spiro atoms. The number of anilines is 1. The molecule has 3 nitrogen and oxygen atoms in total. The van der Waals surface area contributed by atoms with E-state index in [-0.39, 0.29) is 0 Å². The zero-order valence-electron chi connectivity index (χ0n) is 11.0. The van der Waals surface area contributed by atoms with Gasteiger partial charge in [-0.25, -0.2) is 4.98 Å². The third kappa shape index (κ3) is 3.46. The third-order valence-corrected chi connectivity index (χ3v) is 3.97. The van der Waals surface area contributed by atoms with Crippen molar-refractivity contribution in [2.24, 2.45) is 0 Å². The van der Waals surface area contributed by atoms with Gasteiger partial charge in [-0.3, -0.25) is 0 Å². The maximum absolute atomic E-state index is 4.64. The Morgan fingerprint density at radius 1 is 1.38 bits per heavy atom. The molecule has 1 aromatic heterocycles. The molecular weight excluding hydrogens is 218 g/mol. The lowest BCUT2D eigenvalue weighted by molar-refractivity contribution is 0.535. The summed E-state index contributed by atoms with van der Waals surface area (Å²) in [5.41, 5.74) is 1.24. The zero-order chi connectivity index (χ0) is 12.1. The molecule has 1 aromatic rings. The number of rotatable bonds is 6. The molecule has 1 atom stereocenters. The monoisotopic (exact) mass is 241 g/mol. The molecule has 0 saturated carbocycles.